The van der Waals surface area contributed by atoms with Gasteiger partial charge in [0.2, 0.25) is 0 Å². The summed E-state index contributed by atoms with van der Waals surface area (Å²) in [6.45, 7) is 15.4. The van der Waals surface area contributed by atoms with E-state index in [0.717, 1.165) is 78.9 Å². The van der Waals surface area contributed by atoms with Crippen molar-refractivity contribution in [3.8, 4) is 47.4 Å². The predicted molar refractivity (Wildman–Crippen MR) is 264 cm³/mol. The van der Waals surface area contributed by atoms with Crippen molar-refractivity contribution in [3.05, 3.63) is 263 Å². The summed E-state index contributed by atoms with van der Waals surface area (Å²) < 4.78 is 30.6. The second-order valence-corrected chi connectivity index (χ2v) is 14.2. The molecule has 0 fully saturated rings. The molecule has 0 aliphatic rings. The van der Waals surface area contributed by atoms with E-state index in [4.69, 9.17) is 28.4 Å². The molecule has 0 unspecified atom stereocenters. The molecule has 0 N–H and O–H groups in total. The van der Waals surface area contributed by atoms with Crippen molar-refractivity contribution in [2.24, 2.45) is 0 Å². The number of carbonyl (C=O) groups excluding carboxylic acids is 2. The van der Waals surface area contributed by atoms with Crippen LogP contribution in [0, 0.1) is 47.4 Å². The molecule has 0 heterocycles. The molecule has 0 amide bonds. The molecule has 6 aromatic carbocycles. The second-order valence-electron chi connectivity index (χ2n) is 14.2. The van der Waals surface area contributed by atoms with Crippen molar-refractivity contribution in [3.63, 3.8) is 0 Å². The zero-order valence-corrected chi connectivity index (χ0v) is 37.5. The highest BCUT2D eigenvalue weighted by Crippen LogP contribution is 2.11. The third-order valence-corrected chi connectivity index (χ3v) is 9.16. The van der Waals surface area contributed by atoms with Crippen molar-refractivity contribution in [1.29, 1.82) is 0 Å². The minimum atomic E-state index is -0.438. The highest BCUT2D eigenvalue weighted by atomic mass is 16.7. The van der Waals surface area contributed by atoms with Crippen molar-refractivity contribution in [1.82, 2.24) is 0 Å². The summed E-state index contributed by atoms with van der Waals surface area (Å²) in [4.78, 5) is 22.3. The van der Waals surface area contributed by atoms with Gasteiger partial charge in [-0.1, -0.05) is 122 Å². The van der Waals surface area contributed by atoms with Crippen LogP contribution in [0.4, 0.5) is 0 Å². The van der Waals surface area contributed by atoms with Gasteiger partial charge in [0.15, 0.2) is 13.6 Å². The molecular weight excluding hydrogens is 849 g/mol. The average molecular weight is 897 g/mol. The minimum Gasteiger partial charge on any atom is -0.476 e. The van der Waals surface area contributed by atoms with Crippen LogP contribution in [-0.4, -0.2) is 25.5 Å². The lowest BCUT2D eigenvalue weighted by molar-refractivity contribution is -0.139. The summed E-state index contributed by atoms with van der Waals surface area (Å²) in [6.07, 6.45) is 5.00. The number of benzene rings is 6. The lowest BCUT2D eigenvalue weighted by atomic mass is 10.1. The Morgan fingerprint density at radius 3 is 0.750 bits per heavy atom. The zero-order chi connectivity index (χ0) is 48.0. The lowest BCUT2D eigenvalue weighted by Gasteiger charge is -2.03. The van der Waals surface area contributed by atoms with Gasteiger partial charge >= 0.3 is 11.9 Å². The van der Waals surface area contributed by atoms with Gasteiger partial charge in [-0.3, -0.25) is 0 Å². The fourth-order valence-corrected chi connectivity index (χ4v) is 5.53. The minimum absolute atomic E-state index is 0.187. The summed E-state index contributed by atoms with van der Waals surface area (Å²) >= 11 is 0. The Balaban J connectivity index is 0.000000254. The van der Waals surface area contributed by atoms with Crippen LogP contribution in [0.2, 0.25) is 0 Å². The second kappa shape index (κ2) is 28.7. The first-order valence-corrected chi connectivity index (χ1v) is 21.2. The van der Waals surface area contributed by atoms with Crippen LogP contribution in [0.1, 0.15) is 66.8 Å². The van der Waals surface area contributed by atoms with Gasteiger partial charge in [-0.25, -0.2) is 9.59 Å². The summed E-state index contributed by atoms with van der Waals surface area (Å²) in [5, 5.41) is 0. The van der Waals surface area contributed by atoms with Crippen LogP contribution in [0.5, 0.6) is 0 Å². The van der Waals surface area contributed by atoms with Crippen molar-refractivity contribution in [2.45, 2.75) is 26.4 Å². The van der Waals surface area contributed by atoms with Gasteiger partial charge < -0.3 is 28.4 Å². The smallest absolute Gasteiger partial charge is 0.330 e. The first kappa shape index (κ1) is 50.0. The van der Waals surface area contributed by atoms with Gasteiger partial charge in [0.25, 0.3) is 0 Å². The summed E-state index contributed by atoms with van der Waals surface area (Å²) in [7, 11) is 0. The Bertz CT molecular complexity index is 2660. The van der Waals surface area contributed by atoms with Crippen molar-refractivity contribution >= 4 is 11.9 Å². The third kappa shape index (κ3) is 19.0. The number of rotatable bonds is 16. The standard InChI is InChI=1S/2C30H24O4/c2*1-3-30(31)34-22-29-19-15-27(16-20-29)12-10-25-7-5-24(6-8-25)9-11-26-13-17-28(18-14-26)21-33-23-32-4-2/h2*3-8,13-20H,1-2,21-23H2. The molecule has 336 valence electrons. The quantitative estimate of drug-likeness (QED) is 0.0237. The molecular formula is C60H48O8. The largest absolute Gasteiger partial charge is 0.476 e. The fraction of sp³-hybridized carbons (Fsp3) is 0.100. The normalized spacial score (nSPS) is 9.53. The SMILES string of the molecule is C=COCOCc1ccc(C#Cc2ccc(C#Cc3ccc(COC(=O)C=C)cc3)cc2)cc1.C=COCOCc1ccc(C#Cc2ccc(C#Cc3ccc(COC(=O)C=C)cc3)cc2)cc1. The number of ether oxygens (including phenoxy) is 6. The Hall–Kier alpha value is -9.02. The predicted octanol–water partition coefficient (Wildman–Crippen LogP) is 10.7. The van der Waals surface area contributed by atoms with E-state index in [9.17, 15) is 9.59 Å². The van der Waals surface area contributed by atoms with E-state index in [1.54, 1.807) is 0 Å². The number of esters is 2. The van der Waals surface area contributed by atoms with E-state index in [-0.39, 0.29) is 26.8 Å². The van der Waals surface area contributed by atoms with Gasteiger partial charge in [-0.15, -0.1) is 0 Å². The van der Waals surface area contributed by atoms with Crippen molar-refractivity contribution in [2.75, 3.05) is 13.6 Å². The van der Waals surface area contributed by atoms with Crippen LogP contribution in [-0.2, 0) is 64.4 Å². The lowest BCUT2D eigenvalue weighted by Crippen LogP contribution is -1.99. The Morgan fingerprint density at radius 1 is 0.338 bits per heavy atom. The van der Waals surface area contributed by atoms with E-state index in [0.29, 0.717) is 13.2 Å². The Labute approximate surface area is 399 Å². The summed E-state index contributed by atoms with van der Waals surface area (Å²) in [6, 6.07) is 46.6. The number of hydrogen-bond donors (Lipinski definition) is 0. The molecule has 6 rings (SSSR count). The zero-order valence-electron chi connectivity index (χ0n) is 37.5. The molecule has 0 aliphatic carbocycles. The maximum Gasteiger partial charge on any atom is 0.330 e. The molecule has 0 aromatic heterocycles. The van der Waals surface area contributed by atoms with Crippen LogP contribution in [0.25, 0.3) is 0 Å². The fourth-order valence-electron chi connectivity index (χ4n) is 5.53. The molecule has 68 heavy (non-hydrogen) atoms. The molecule has 0 spiro atoms. The van der Waals surface area contributed by atoms with E-state index in [1.165, 1.54) is 12.5 Å². The maximum absolute atomic E-state index is 11.1. The monoisotopic (exact) mass is 896 g/mol. The number of carbonyl (C=O) groups is 2. The highest BCUT2D eigenvalue weighted by molar-refractivity contribution is 5.81. The highest BCUT2D eigenvalue weighted by Gasteiger charge is 2.01. The van der Waals surface area contributed by atoms with E-state index in [1.807, 2.05) is 146 Å². The summed E-state index contributed by atoms with van der Waals surface area (Å²) in [5.41, 5.74) is 11.1. The first-order valence-electron chi connectivity index (χ1n) is 21.2. The van der Waals surface area contributed by atoms with E-state index >= 15 is 0 Å². The molecule has 0 saturated heterocycles. The molecule has 8 heteroatoms. The van der Waals surface area contributed by atoms with Gasteiger partial charge in [-0.05, 0) is 119 Å². The Kier molecular flexibility index (Phi) is 21.1. The summed E-state index contributed by atoms with van der Waals surface area (Å²) in [5.74, 6) is 24.4. The maximum atomic E-state index is 11.1. The van der Waals surface area contributed by atoms with E-state index in [2.05, 4.69) is 73.7 Å². The molecule has 0 saturated carbocycles. The molecule has 0 aliphatic heterocycles. The third-order valence-electron chi connectivity index (χ3n) is 9.16. The van der Waals surface area contributed by atoms with Crippen LogP contribution in [0.3, 0.4) is 0 Å². The van der Waals surface area contributed by atoms with Gasteiger partial charge in [0.05, 0.1) is 25.7 Å². The topological polar surface area (TPSA) is 89.5 Å². The average Bonchev–Trinajstić information content (AvgIpc) is 3.39. The van der Waals surface area contributed by atoms with Crippen LogP contribution < -0.4 is 0 Å². The molecule has 0 atom stereocenters. The van der Waals surface area contributed by atoms with E-state index < -0.39 is 11.9 Å². The molecule has 8 nitrogen and oxygen atoms in total. The number of hydrogen-bond acceptors (Lipinski definition) is 8. The molecule has 0 radical (unpaired) electrons. The molecule has 6 aromatic rings. The van der Waals surface area contributed by atoms with Gasteiger partial charge in [0.1, 0.15) is 13.2 Å². The van der Waals surface area contributed by atoms with Crippen molar-refractivity contribution < 1.29 is 38.0 Å². The van der Waals surface area contributed by atoms with Crippen LogP contribution >= 0.6 is 0 Å². The van der Waals surface area contributed by atoms with Gasteiger partial charge in [0, 0.05) is 56.7 Å². The van der Waals surface area contributed by atoms with Crippen LogP contribution in [0.15, 0.2) is 197 Å². The first-order chi connectivity index (χ1) is 33.3. The Morgan fingerprint density at radius 2 is 0.544 bits per heavy atom. The molecule has 0 bridgehead atoms. The van der Waals surface area contributed by atoms with Gasteiger partial charge in [-0.2, -0.15) is 0 Å².